The third kappa shape index (κ3) is 1.88. The highest BCUT2D eigenvalue weighted by molar-refractivity contribution is 6.30. The van der Waals surface area contributed by atoms with Gasteiger partial charge in [-0.15, -0.1) is 0 Å². The molecule has 17 heavy (non-hydrogen) atoms. The third-order valence-electron chi connectivity index (χ3n) is 3.42. The Labute approximate surface area is 106 Å². The molecule has 0 saturated carbocycles. The van der Waals surface area contributed by atoms with Gasteiger partial charge in [0.1, 0.15) is 0 Å². The second-order valence-corrected chi connectivity index (χ2v) is 4.93. The van der Waals surface area contributed by atoms with Crippen LogP contribution in [0, 0.1) is 6.92 Å². The molecule has 1 aliphatic rings. The minimum absolute atomic E-state index is 0.287. The van der Waals surface area contributed by atoms with Crippen LogP contribution < -0.4 is 5.32 Å². The SMILES string of the molecule is Cc1ccc2n1CCNC2c1ccc(Cl)cc1. The smallest absolute Gasteiger partial charge is 0.0731 e. The number of nitrogens with one attached hydrogen (secondary N) is 1. The molecule has 0 spiro atoms. The van der Waals surface area contributed by atoms with E-state index in [1.165, 1.54) is 17.0 Å². The molecule has 3 rings (SSSR count). The number of hydrogen-bond donors (Lipinski definition) is 1. The number of halogens is 1. The van der Waals surface area contributed by atoms with Gasteiger partial charge in [0.15, 0.2) is 0 Å². The van der Waals surface area contributed by atoms with Crippen molar-refractivity contribution in [3.63, 3.8) is 0 Å². The van der Waals surface area contributed by atoms with Crippen LogP contribution in [-0.2, 0) is 6.54 Å². The summed E-state index contributed by atoms with van der Waals surface area (Å²) in [6.45, 7) is 4.22. The van der Waals surface area contributed by atoms with Crippen molar-refractivity contribution in [1.82, 2.24) is 9.88 Å². The molecule has 1 aromatic heterocycles. The highest BCUT2D eigenvalue weighted by Crippen LogP contribution is 2.27. The minimum Gasteiger partial charge on any atom is -0.346 e. The molecule has 88 valence electrons. The number of hydrogen-bond acceptors (Lipinski definition) is 1. The van der Waals surface area contributed by atoms with E-state index >= 15 is 0 Å². The van der Waals surface area contributed by atoms with Crippen LogP contribution in [0.2, 0.25) is 5.02 Å². The molecule has 1 N–H and O–H groups in total. The lowest BCUT2D eigenvalue weighted by Crippen LogP contribution is -2.34. The third-order valence-corrected chi connectivity index (χ3v) is 3.67. The fraction of sp³-hybridized carbons (Fsp3) is 0.286. The van der Waals surface area contributed by atoms with Crippen LogP contribution in [0.25, 0.3) is 0 Å². The van der Waals surface area contributed by atoms with Gasteiger partial charge in [-0.2, -0.15) is 0 Å². The van der Waals surface area contributed by atoms with Crippen LogP contribution in [0.1, 0.15) is 23.0 Å². The molecule has 1 unspecified atom stereocenters. The predicted octanol–water partition coefficient (Wildman–Crippen LogP) is 3.14. The van der Waals surface area contributed by atoms with Crippen molar-refractivity contribution < 1.29 is 0 Å². The number of aryl methyl sites for hydroxylation is 1. The fourth-order valence-electron chi connectivity index (χ4n) is 2.52. The zero-order chi connectivity index (χ0) is 11.8. The lowest BCUT2D eigenvalue weighted by atomic mass is 10.0. The second kappa shape index (κ2) is 4.21. The van der Waals surface area contributed by atoms with E-state index in [9.17, 15) is 0 Å². The predicted molar refractivity (Wildman–Crippen MR) is 70.5 cm³/mol. The van der Waals surface area contributed by atoms with E-state index < -0.39 is 0 Å². The summed E-state index contributed by atoms with van der Waals surface area (Å²) in [5.41, 5.74) is 3.95. The molecule has 3 heteroatoms. The van der Waals surface area contributed by atoms with Gasteiger partial charge in [0, 0.05) is 29.5 Å². The minimum atomic E-state index is 0.287. The molecule has 2 aromatic rings. The maximum Gasteiger partial charge on any atom is 0.0731 e. The second-order valence-electron chi connectivity index (χ2n) is 4.49. The molecule has 0 fully saturated rings. The average Bonchev–Trinajstić information content (AvgIpc) is 2.73. The van der Waals surface area contributed by atoms with Gasteiger partial charge >= 0.3 is 0 Å². The Morgan fingerprint density at radius 3 is 2.71 bits per heavy atom. The first-order valence-electron chi connectivity index (χ1n) is 5.90. The van der Waals surface area contributed by atoms with Crippen molar-refractivity contribution in [2.75, 3.05) is 6.54 Å². The van der Waals surface area contributed by atoms with E-state index in [1.54, 1.807) is 0 Å². The molecule has 1 aliphatic heterocycles. The molecule has 0 saturated heterocycles. The Balaban J connectivity index is 2.02. The molecular formula is C14H15ClN2. The maximum absolute atomic E-state index is 5.93. The van der Waals surface area contributed by atoms with Gasteiger partial charge < -0.3 is 9.88 Å². The standard InChI is InChI=1S/C14H15ClN2/c1-10-2-7-13-14(16-8-9-17(10)13)11-3-5-12(15)6-4-11/h2-7,14,16H,8-9H2,1H3. The Morgan fingerprint density at radius 2 is 1.94 bits per heavy atom. The number of rotatable bonds is 1. The van der Waals surface area contributed by atoms with Crippen molar-refractivity contribution in [2.24, 2.45) is 0 Å². The lowest BCUT2D eigenvalue weighted by Gasteiger charge is -2.27. The molecule has 0 aliphatic carbocycles. The number of fused-ring (bicyclic) bond motifs is 1. The van der Waals surface area contributed by atoms with E-state index in [4.69, 9.17) is 11.6 Å². The maximum atomic E-state index is 5.93. The van der Waals surface area contributed by atoms with Crippen LogP contribution in [0.5, 0.6) is 0 Å². The van der Waals surface area contributed by atoms with Crippen molar-refractivity contribution in [2.45, 2.75) is 19.5 Å². The van der Waals surface area contributed by atoms with Gasteiger partial charge in [-0.05, 0) is 36.8 Å². The number of benzene rings is 1. The van der Waals surface area contributed by atoms with E-state index in [1.807, 2.05) is 12.1 Å². The Kier molecular flexibility index (Phi) is 2.69. The van der Waals surface area contributed by atoms with Crippen LogP contribution in [0.4, 0.5) is 0 Å². The van der Waals surface area contributed by atoms with Crippen LogP contribution in [0.3, 0.4) is 0 Å². The molecule has 0 amide bonds. The molecule has 2 nitrogen and oxygen atoms in total. The average molecular weight is 247 g/mol. The molecule has 1 atom stereocenters. The molecule has 0 radical (unpaired) electrons. The van der Waals surface area contributed by atoms with Crippen LogP contribution in [-0.4, -0.2) is 11.1 Å². The van der Waals surface area contributed by atoms with E-state index in [2.05, 4.69) is 41.1 Å². The van der Waals surface area contributed by atoms with Crippen molar-refractivity contribution in [3.8, 4) is 0 Å². The van der Waals surface area contributed by atoms with Gasteiger partial charge in [-0.25, -0.2) is 0 Å². The zero-order valence-electron chi connectivity index (χ0n) is 9.78. The molecule has 1 aromatic carbocycles. The quantitative estimate of drug-likeness (QED) is 0.818. The lowest BCUT2D eigenvalue weighted by molar-refractivity contribution is 0.461. The summed E-state index contributed by atoms with van der Waals surface area (Å²) in [4.78, 5) is 0. The summed E-state index contributed by atoms with van der Waals surface area (Å²) in [5.74, 6) is 0. The van der Waals surface area contributed by atoms with Gasteiger partial charge in [0.2, 0.25) is 0 Å². The topological polar surface area (TPSA) is 17.0 Å². The summed E-state index contributed by atoms with van der Waals surface area (Å²) in [7, 11) is 0. The summed E-state index contributed by atoms with van der Waals surface area (Å²) in [6.07, 6.45) is 0. The van der Waals surface area contributed by atoms with Crippen LogP contribution >= 0.6 is 11.6 Å². The van der Waals surface area contributed by atoms with E-state index in [0.29, 0.717) is 0 Å². The van der Waals surface area contributed by atoms with E-state index in [-0.39, 0.29) is 6.04 Å². The van der Waals surface area contributed by atoms with Crippen molar-refractivity contribution in [3.05, 3.63) is 58.4 Å². The highest BCUT2D eigenvalue weighted by Gasteiger charge is 2.21. The highest BCUT2D eigenvalue weighted by atomic mass is 35.5. The summed E-state index contributed by atoms with van der Waals surface area (Å²) in [6, 6.07) is 12.8. The van der Waals surface area contributed by atoms with Gasteiger partial charge in [0.25, 0.3) is 0 Å². The molecule has 2 heterocycles. The zero-order valence-corrected chi connectivity index (χ0v) is 10.5. The summed E-state index contributed by atoms with van der Waals surface area (Å²) >= 11 is 5.93. The summed E-state index contributed by atoms with van der Waals surface area (Å²) in [5, 5.41) is 4.35. The monoisotopic (exact) mass is 246 g/mol. The molecular weight excluding hydrogens is 232 g/mol. The first-order chi connectivity index (χ1) is 8.25. The molecule has 0 bridgehead atoms. The number of aromatic nitrogens is 1. The Hall–Kier alpha value is -1.25. The van der Waals surface area contributed by atoms with Crippen molar-refractivity contribution in [1.29, 1.82) is 0 Å². The largest absolute Gasteiger partial charge is 0.346 e. The van der Waals surface area contributed by atoms with Crippen LogP contribution in [0.15, 0.2) is 36.4 Å². The first-order valence-corrected chi connectivity index (χ1v) is 6.28. The fourth-order valence-corrected chi connectivity index (χ4v) is 2.64. The van der Waals surface area contributed by atoms with Crippen molar-refractivity contribution >= 4 is 11.6 Å². The van der Waals surface area contributed by atoms with Gasteiger partial charge in [0.05, 0.1) is 6.04 Å². The van der Waals surface area contributed by atoms with Gasteiger partial charge in [-0.3, -0.25) is 0 Å². The first kappa shape index (κ1) is 10.9. The Bertz CT molecular complexity index is 528. The van der Waals surface area contributed by atoms with E-state index in [0.717, 1.165) is 18.1 Å². The van der Waals surface area contributed by atoms with Gasteiger partial charge in [-0.1, -0.05) is 23.7 Å². The summed E-state index contributed by atoms with van der Waals surface area (Å²) < 4.78 is 2.38. The normalized spacial score (nSPS) is 19.1. The Morgan fingerprint density at radius 1 is 1.18 bits per heavy atom. The number of nitrogens with zero attached hydrogens (tertiary/aromatic N) is 1.